The van der Waals surface area contributed by atoms with Gasteiger partial charge in [0, 0.05) is 24.0 Å². The van der Waals surface area contributed by atoms with Crippen molar-refractivity contribution in [2.75, 3.05) is 6.54 Å². The summed E-state index contributed by atoms with van der Waals surface area (Å²) in [5.41, 5.74) is 1.81. The van der Waals surface area contributed by atoms with Gasteiger partial charge >= 0.3 is 0 Å². The first-order chi connectivity index (χ1) is 10.3. The normalized spacial score (nSPS) is 12.2. The molecule has 4 heteroatoms. The fourth-order valence-corrected chi connectivity index (χ4v) is 2.29. The van der Waals surface area contributed by atoms with Crippen molar-refractivity contribution in [3.8, 4) is 11.3 Å². The van der Waals surface area contributed by atoms with E-state index in [2.05, 4.69) is 29.0 Å². The highest BCUT2D eigenvalue weighted by molar-refractivity contribution is 5.56. The van der Waals surface area contributed by atoms with E-state index in [1.807, 2.05) is 24.3 Å². The fraction of sp³-hybridized carbons (Fsp3) is 0.412. The van der Waals surface area contributed by atoms with Crippen molar-refractivity contribution in [3.05, 3.63) is 49.0 Å². The zero-order chi connectivity index (χ0) is 14.9. The predicted molar refractivity (Wildman–Crippen MR) is 84.7 cm³/mol. The number of aromatic nitrogens is 2. The lowest BCUT2D eigenvalue weighted by Crippen LogP contribution is -2.17. The van der Waals surface area contributed by atoms with Gasteiger partial charge in [-0.2, -0.15) is 0 Å². The number of nitrogens with zero attached hydrogens (tertiary/aromatic N) is 2. The van der Waals surface area contributed by atoms with Crippen molar-refractivity contribution in [1.29, 1.82) is 0 Å². The van der Waals surface area contributed by atoms with Crippen LogP contribution in [0.5, 0.6) is 0 Å². The van der Waals surface area contributed by atoms with Gasteiger partial charge in [0.05, 0.1) is 6.54 Å². The third-order valence-electron chi connectivity index (χ3n) is 3.62. The molecule has 0 bridgehead atoms. The van der Waals surface area contributed by atoms with Crippen molar-refractivity contribution in [3.63, 3.8) is 0 Å². The fourth-order valence-electron chi connectivity index (χ4n) is 2.29. The second-order valence-electron chi connectivity index (χ2n) is 5.18. The van der Waals surface area contributed by atoms with E-state index in [1.165, 1.54) is 6.42 Å². The van der Waals surface area contributed by atoms with Crippen LogP contribution in [-0.2, 0) is 6.54 Å². The molecule has 1 atom stereocenters. The van der Waals surface area contributed by atoms with E-state index in [-0.39, 0.29) is 0 Å². The monoisotopic (exact) mass is 285 g/mol. The quantitative estimate of drug-likeness (QED) is 0.562. The van der Waals surface area contributed by atoms with Gasteiger partial charge in [0.2, 0.25) is 0 Å². The molecule has 2 aromatic heterocycles. The lowest BCUT2D eigenvalue weighted by molar-refractivity contribution is 0.369. The van der Waals surface area contributed by atoms with Crippen LogP contribution in [0.2, 0.25) is 0 Å². The minimum atomic E-state index is 0.706. The van der Waals surface area contributed by atoms with Crippen LogP contribution in [0.15, 0.2) is 47.8 Å². The first kappa shape index (κ1) is 15.4. The Kier molecular flexibility index (Phi) is 6.16. The molecule has 4 nitrogen and oxygen atoms in total. The molecule has 0 radical (unpaired) electrons. The highest BCUT2D eigenvalue weighted by atomic mass is 16.5. The number of nitrogens with one attached hydrogen (secondary N) is 1. The van der Waals surface area contributed by atoms with Crippen LogP contribution < -0.4 is 5.32 Å². The van der Waals surface area contributed by atoms with Gasteiger partial charge in [-0.15, -0.1) is 6.58 Å². The molecule has 0 spiro atoms. The van der Waals surface area contributed by atoms with Gasteiger partial charge in [0.1, 0.15) is 5.69 Å². The molecule has 0 amide bonds. The van der Waals surface area contributed by atoms with Crippen molar-refractivity contribution in [1.82, 2.24) is 15.5 Å². The summed E-state index contributed by atoms with van der Waals surface area (Å²) >= 11 is 0. The van der Waals surface area contributed by atoms with Crippen molar-refractivity contribution < 1.29 is 4.52 Å². The molecule has 2 heterocycles. The smallest absolute Gasteiger partial charge is 0.151 e. The van der Waals surface area contributed by atoms with E-state index >= 15 is 0 Å². The minimum absolute atomic E-state index is 0.706. The van der Waals surface area contributed by atoms with Gasteiger partial charge < -0.3 is 9.84 Å². The first-order valence-electron chi connectivity index (χ1n) is 7.51. The van der Waals surface area contributed by atoms with Crippen molar-refractivity contribution >= 4 is 0 Å². The predicted octanol–water partition coefficient (Wildman–Crippen LogP) is 3.82. The molecule has 0 aromatic carbocycles. The molecule has 0 aliphatic heterocycles. The van der Waals surface area contributed by atoms with E-state index in [1.54, 1.807) is 12.4 Å². The number of hydrogen-bond donors (Lipinski definition) is 1. The number of rotatable bonds is 9. The zero-order valence-corrected chi connectivity index (χ0v) is 12.6. The molecule has 1 N–H and O–H groups in total. The molecule has 0 fully saturated rings. The Morgan fingerprint density at radius 3 is 3.10 bits per heavy atom. The van der Waals surface area contributed by atoms with Gasteiger partial charge in [-0.05, 0) is 37.4 Å². The van der Waals surface area contributed by atoms with Crippen LogP contribution in [0.25, 0.3) is 11.3 Å². The van der Waals surface area contributed by atoms with Crippen LogP contribution in [0, 0.1) is 5.92 Å². The highest BCUT2D eigenvalue weighted by Gasteiger charge is 2.07. The molecule has 0 saturated heterocycles. The van der Waals surface area contributed by atoms with E-state index in [0.29, 0.717) is 6.54 Å². The number of hydrogen-bond acceptors (Lipinski definition) is 4. The van der Waals surface area contributed by atoms with Crippen molar-refractivity contribution in [2.45, 2.75) is 32.7 Å². The maximum absolute atomic E-state index is 5.34. The summed E-state index contributed by atoms with van der Waals surface area (Å²) in [5, 5.41) is 7.48. The molecule has 0 aliphatic carbocycles. The van der Waals surface area contributed by atoms with Gasteiger partial charge in [-0.25, -0.2) is 0 Å². The van der Waals surface area contributed by atoms with Crippen molar-refractivity contribution in [2.24, 2.45) is 5.92 Å². The van der Waals surface area contributed by atoms with Crippen LogP contribution in [-0.4, -0.2) is 16.7 Å². The molecule has 0 aliphatic rings. The second kappa shape index (κ2) is 8.37. The largest absolute Gasteiger partial charge is 0.359 e. The Morgan fingerprint density at radius 1 is 1.48 bits per heavy atom. The third kappa shape index (κ3) is 4.83. The van der Waals surface area contributed by atoms with Crippen LogP contribution in [0.3, 0.4) is 0 Å². The number of allylic oxidation sites excluding steroid dienone is 1. The Balaban J connectivity index is 1.77. The van der Waals surface area contributed by atoms with E-state index in [4.69, 9.17) is 4.52 Å². The summed E-state index contributed by atoms with van der Waals surface area (Å²) in [5.74, 6) is 1.57. The Labute approximate surface area is 126 Å². The average molecular weight is 285 g/mol. The van der Waals surface area contributed by atoms with E-state index in [0.717, 1.165) is 42.3 Å². The Morgan fingerprint density at radius 2 is 2.38 bits per heavy atom. The molecule has 2 rings (SSSR count). The zero-order valence-electron chi connectivity index (χ0n) is 12.6. The SMILES string of the molecule is C=CCC(CC)CCNCc1cc(-c2cccnc2)no1. The van der Waals surface area contributed by atoms with Crippen LogP contribution >= 0.6 is 0 Å². The van der Waals surface area contributed by atoms with E-state index < -0.39 is 0 Å². The topological polar surface area (TPSA) is 51.0 Å². The maximum Gasteiger partial charge on any atom is 0.151 e. The van der Waals surface area contributed by atoms with Crippen LogP contribution in [0.1, 0.15) is 31.9 Å². The minimum Gasteiger partial charge on any atom is -0.359 e. The molecule has 1 unspecified atom stereocenters. The molecule has 21 heavy (non-hydrogen) atoms. The lowest BCUT2D eigenvalue weighted by Gasteiger charge is -2.12. The Hall–Kier alpha value is -1.94. The standard InChI is InChI=1S/C17H23N3O/c1-3-6-14(4-2)8-10-19-13-16-11-17(20-21-16)15-7-5-9-18-12-15/h3,5,7,9,11-12,14,19H,1,4,6,8,10,13H2,2H3. The summed E-state index contributed by atoms with van der Waals surface area (Å²) in [6, 6.07) is 5.83. The first-order valence-corrected chi connectivity index (χ1v) is 7.51. The maximum atomic E-state index is 5.34. The molecular weight excluding hydrogens is 262 g/mol. The summed E-state index contributed by atoms with van der Waals surface area (Å²) < 4.78 is 5.34. The van der Waals surface area contributed by atoms with Gasteiger partial charge in [0.15, 0.2) is 5.76 Å². The third-order valence-corrected chi connectivity index (χ3v) is 3.62. The van der Waals surface area contributed by atoms with Gasteiger partial charge in [-0.3, -0.25) is 4.98 Å². The van der Waals surface area contributed by atoms with Gasteiger partial charge in [0.25, 0.3) is 0 Å². The van der Waals surface area contributed by atoms with Crippen LogP contribution in [0.4, 0.5) is 0 Å². The van der Waals surface area contributed by atoms with Gasteiger partial charge in [-0.1, -0.05) is 24.6 Å². The summed E-state index contributed by atoms with van der Waals surface area (Å²) in [4.78, 5) is 4.09. The summed E-state index contributed by atoms with van der Waals surface area (Å²) in [6.07, 6.45) is 8.99. The second-order valence-corrected chi connectivity index (χ2v) is 5.18. The lowest BCUT2D eigenvalue weighted by atomic mass is 9.99. The summed E-state index contributed by atoms with van der Waals surface area (Å²) in [7, 11) is 0. The average Bonchev–Trinajstić information content (AvgIpc) is 3.00. The Bertz CT molecular complexity index is 536. The van der Waals surface area contributed by atoms with E-state index in [9.17, 15) is 0 Å². The molecule has 2 aromatic rings. The number of pyridine rings is 1. The summed E-state index contributed by atoms with van der Waals surface area (Å²) in [6.45, 7) is 7.72. The molecular formula is C17H23N3O. The molecule has 0 saturated carbocycles. The highest BCUT2D eigenvalue weighted by Crippen LogP contribution is 2.17. The molecule has 112 valence electrons.